The lowest BCUT2D eigenvalue weighted by Gasteiger charge is -2.24. The SMILES string of the molecule is CS(=O)(=O)c1ccc(-c2cc(/C=C/CO[N+](=O)[O-])nn2C2CCCCC2)cc1. The van der Waals surface area contributed by atoms with Gasteiger partial charge in [-0.25, -0.2) is 8.42 Å². The maximum Gasteiger partial charge on any atom is 0.294 e. The normalized spacial score (nSPS) is 15.8. The highest BCUT2D eigenvalue weighted by molar-refractivity contribution is 7.90. The standard InChI is InChI=1S/C19H23N3O5S/c1-28(25,26)18-11-9-15(10-12-18)19-14-16(6-5-13-27-22(23)24)20-21(19)17-7-3-2-4-8-17/h5-6,9-12,14,17H,2-4,7-8,13H2,1H3/b6-5+. The number of benzene rings is 1. The van der Waals surface area contributed by atoms with E-state index in [2.05, 4.69) is 9.94 Å². The van der Waals surface area contributed by atoms with Crippen LogP contribution in [0.3, 0.4) is 0 Å². The Morgan fingerprint density at radius 2 is 1.93 bits per heavy atom. The van der Waals surface area contributed by atoms with Crippen molar-refractivity contribution >= 4 is 15.9 Å². The molecule has 3 rings (SSSR count). The fourth-order valence-electron chi connectivity index (χ4n) is 3.46. The topological polar surface area (TPSA) is 104 Å². The van der Waals surface area contributed by atoms with Gasteiger partial charge in [-0.05, 0) is 42.7 Å². The Balaban J connectivity index is 1.92. The van der Waals surface area contributed by atoms with Gasteiger partial charge in [0.15, 0.2) is 9.84 Å². The molecular formula is C19H23N3O5S. The molecule has 1 aromatic heterocycles. The molecule has 0 bridgehead atoms. The van der Waals surface area contributed by atoms with Gasteiger partial charge in [-0.3, -0.25) is 4.68 Å². The Morgan fingerprint density at radius 3 is 2.54 bits per heavy atom. The zero-order chi connectivity index (χ0) is 20.1. The van der Waals surface area contributed by atoms with Crippen molar-refractivity contribution in [3.63, 3.8) is 0 Å². The summed E-state index contributed by atoms with van der Waals surface area (Å²) in [6, 6.07) is 8.97. The van der Waals surface area contributed by atoms with E-state index in [1.807, 2.05) is 10.7 Å². The molecule has 150 valence electrons. The second-order valence-electron chi connectivity index (χ2n) is 6.91. The highest BCUT2D eigenvalue weighted by Gasteiger charge is 2.20. The smallest absolute Gasteiger partial charge is 0.294 e. The second kappa shape index (κ2) is 8.55. The van der Waals surface area contributed by atoms with E-state index in [9.17, 15) is 18.5 Å². The number of aromatic nitrogens is 2. The van der Waals surface area contributed by atoms with Gasteiger partial charge in [0.1, 0.15) is 6.61 Å². The van der Waals surface area contributed by atoms with Crippen LogP contribution >= 0.6 is 0 Å². The van der Waals surface area contributed by atoms with E-state index < -0.39 is 14.9 Å². The van der Waals surface area contributed by atoms with Gasteiger partial charge in [0.05, 0.1) is 22.3 Å². The predicted octanol–water partition coefficient (Wildman–Crippen LogP) is 3.68. The lowest BCUT2D eigenvalue weighted by molar-refractivity contribution is -0.755. The third kappa shape index (κ3) is 4.98. The van der Waals surface area contributed by atoms with E-state index in [0.717, 1.165) is 36.9 Å². The first-order chi connectivity index (χ1) is 13.3. The monoisotopic (exact) mass is 405 g/mol. The molecule has 0 unspecified atom stereocenters. The van der Waals surface area contributed by atoms with E-state index in [-0.39, 0.29) is 17.5 Å². The van der Waals surface area contributed by atoms with Crippen molar-refractivity contribution in [1.82, 2.24) is 9.78 Å². The second-order valence-corrected chi connectivity index (χ2v) is 8.92. The van der Waals surface area contributed by atoms with Crippen LogP contribution < -0.4 is 0 Å². The van der Waals surface area contributed by atoms with Crippen LogP contribution in [0.15, 0.2) is 41.3 Å². The van der Waals surface area contributed by atoms with Gasteiger partial charge >= 0.3 is 0 Å². The third-order valence-electron chi connectivity index (χ3n) is 4.82. The molecule has 1 aromatic carbocycles. The van der Waals surface area contributed by atoms with E-state index >= 15 is 0 Å². The minimum atomic E-state index is -3.25. The molecule has 8 nitrogen and oxygen atoms in total. The van der Waals surface area contributed by atoms with Crippen molar-refractivity contribution in [1.29, 1.82) is 0 Å². The molecule has 1 saturated carbocycles. The molecule has 2 aromatic rings. The van der Waals surface area contributed by atoms with E-state index in [4.69, 9.17) is 0 Å². The number of sulfone groups is 1. The average Bonchev–Trinajstić information content (AvgIpc) is 3.09. The summed E-state index contributed by atoms with van der Waals surface area (Å²) in [5.74, 6) is 0. The molecule has 1 fully saturated rings. The minimum Gasteiger partial charge on any atom is -0.310 e. The zero-order valence-corrected chi connectivity index (χ0v) is 16.5. The van der Waals surface area contributed by atoms with Crippen molar-refractivity contribution in [2.75, 3.05) is 12.9 Å². The fourth-order valence-corrected chi connectivity index (χ4v) is 4.09. The Morgan fingerprint density at radius 1 is 1.25 bits per heavy atom. The minimum absolute atomic E-state index is 0.137. The first-order valence-electron chi connectivity index (χ1n) is 9.18. The van der Waals surface area contributed by atoms with Crippen LogP contribution in [0.2, 0.25) is 0 Å². The summed E-state index contributed by atoms with van der Waals surface area (Å²) in [6.45, 7) is -0.137. The molecule has 1 heterocycles. The summed E-state index contributed by atoms with van der Waals surface area (Å²) in [4.78, 5) is 14.8. The molecule has 28 heavy (non-hydrogen) atoms. The van der Waals surface area contributed by atoms with E-state index in [1.54, 1.807) is 36.4 Å². The van der Waals surface area contributed by atoms with Gasteiger partial charge in [0.2, 0.25) is 0 Å². The maximum absolute atomic E-state index is 11.7. The molecule has 0 radical (unpaired) electrons. The van der Waals surface area contributed by atoms with Crippen LogP contribution in [0, 0.1) is 10.1 Å². The molecule has 1 aliphatic carbocycles. The van der Waals surface area contributed by atoms with Gasteiger partial charge in [-0.15, -0.1) is 10.1 Å². The van der Waals surface area contributed by atoms with Crippen LogP contribution in [0.5, 0.6) is 0 Å². The molecule has 9 heteroatoms. The van der Waals surface area contributed by atoms with Crippen molar-refractivity contribution in [3.05, 3.63) is 52.2 Å². The Kier molecular flexibility index (Phi) is 6.13. The summed E-state index contributed by atoms with van der Waals surface area (Å²) in [7, 11) is -3.25. The molecule has 1 aliphatic rings. The average molecular weight is 405 g/mol. The Labute approximate surface area is 163 Å². The van der Waals surface area contributed by atoms with Gasteiger partial charge in [0.25, 0.3) is 5.09 Å². The maximum atomic E-state index is 11.7. The third-order valence-corrected chi connectivity index (χ3v) is 5.95. The molecule has 0 N–H and O–H groups in total. The highest BCUT2D eigenvalue weighted by Crippen LogP contribution is 2.33. The molecule has 0 spiro atoms. The zero-order valence-electron chi connectivity index (χ0n) is 15.7. The lowest BCUT2D eigenvalue weighted by Crippen LogP contribution is -2.15. The van der Waals surface area contributed by atoms with Gasteiger partial charge in [-0.2, -0.15) is 5.10 Å². The molecule has 0 amide bonds. The van der Waals surface area contributed by atoms with E-state index in [0.29, 0.717) is 5.69 Å². The molecular weight excluding hydrogens is 382 g/mol. The summed E-state index contributed by atoms with van der Waals surface area (Å²) in [6.07, 6.45) is 10.0. The van der Waals surface area contributed by atoms with Crippen molar-refractivity contribution in [2.45, 2.75) is 43.0 Å². The van der Waals surface area contributed by atoms with Crippen molar-refractivity contribution in [3.8, 4) is 11.3 Å². The summed E-state index contributed by atoms with van der Waals surface area (Å²) >= 11 is 0. The fraction of sp³-hybridized carbons (Fsp3) is 0.421. The highest BCUT2D eigenvalue weighted by atomic mass is 32.2. The number of hydrogen-bond donors (Lipinski definition) is 0. The summed E-state index contributed by atoms with van der Waals surface area (Å²) in [5, 5.41) is 14.1. The number of rotatable bonds is 7. The van der Waals surface area contributed by atoms with Gasteiger partial charge in [0, 0.05) is 6.26 Å². The van der Waals surface area contributed by atoms with Crippen LogP contribution in [0.25, 0.3) is 17.3 Å². The van der Waals surface area contributed by atoms with Crippen LogP contribution in [-0.4, -0.2) is 36.1 Å². The van der Waals surface area contributed by atoms with Crippen LogP contribution in [0.4, 0.5) is 0 Å². The predicted molar refractivity (Wildman–Crippen MR) is 105 cm³/mol. The number of hydrogen-bond acceptors (Lipinski definition) is 6. The van der Waals surface area contributed by atoms with Crippen molar-refractivity contribution < 1.29 is 18.3 Å². The Hall–Kier alpha value is -2.68. The van der Waals surface area contributed by atoms with Crippen LogP contribution in [-0.2, 0) is 14.7 Å². The lowest BCUT2D eigenvalue weighted by atomic mass is 9.95. The summed E-state index contributed by atoms with van der Waals surface area (Å²) < 4.78 is 25.4. The Bertz CT molecular complexity index is 958. The van der Waals surface area contributed by atoms with Gasteiger partial charge in [-0.1, -0.05) is 37.5 Å². The summed E-state index contributed by atoms with van der Waals surface area (Å²) in [5.41, 5.74) is 2.47. The molecule has 0 aliphatic heterocycles. The van der Waals surface area contributed by atoms with E-state index in [1.165, 1.54) is 12.7 Å². The molecule has 0 saturated heterocycles. The van der Waals surface area contributed by atoms with Crippen molar-refractivity contribution in [2.24, 2.45) is 0 Å². The van der Waals surface area contributed by atoms with Gasteiger partial charge < -0.3 is 4.84 Å². The quantitative estimate of drug-likeness (QED) is 0.514. The number of nitrogens with zero attached hydrogens (tertiary/aromatic N) is 3. The molecule has 0 atom stereocenters. The first-order valence-corrected chi connectivity index (χ1v) is 11.1. The largest absolute Gasteiger partial charge is 0.310 e. The first kappa shape index (κ1) is 20.1. The van der Waals surface area contributed by atoms with Crippen LogP contribution in [0.1, 0.15) is 43.8 Å².